The van der Waals surface area contributed by atoms with Crippen LogP contribution in [-0.2, 0) is 6.54 Å². The van der Waals surface area contributed by atoms with Crippen molar-refractivity contribution in [2.45, 2.75) is 13.5 Å². The van der Waals surface area contributed by atoms with E-state index < -0.39 is 0 Å². The van der Waals surface area contributed by atoms with E-state index in [-0.39, 0.29) is 17.6 Å². The summed E-state index contributed by atoms with van der Waals surface area (Å²) in [5.41, 5.74) is 2.84. The fourth-order valence-corrected chi connectivity index (χ4v) is 3.27. The van der Waals surface area contributed by atoms with Gasteiger partial charge in [0.25, 0.3) is 11.8 Å². The largest absolute Gasteiger partial charge is 0.459 e. The number of rotatable bonds is 6. The molecule has 8 heteroatoms. The van der Waals surface area contributed by atoms with Crippen LogP contribution in [0.5, 0.6) is 0 Å². The monoisotopic (exact) mass is 478 g/mol. The van der Waals surface area contributed by atoms with E-state index >= 15 is 0 Å². The molecule has 2 aromatic heterocycles. The van der Waals surface area contributed by atoms with Gasteiger partial charge in [-0.25, -0.2) is 4.68 Å². The van der Waals surface area contributed by atoms with Crippen LogP contribution in [-0.4, -0.2) is 21.6 Å². The summed E-state index contributed by atoms with van der Waals surface area (Å²) in [6.07, 6.45) is 3.07. The predicted octanol–water partition coefficient (Wildman–Crippen LogP) is 5.10. The van der Waals surface area contributed by atoms with Gasteiger partial charge in [0.1, 0.15) is 5.82 Å². The summed E-state index contributed by atoms with van der Waals surface area (Å²) in [6, 6.07) is 18.0. The number of halogens is 1. The van der Waals surface area contributed by atoms with Crippen LogP contribution in [0.15, 0.2) is 82.0 Å². The Hall–Kier alpha value is -3.65. The summed E-state index contributed by atoms with van der Waals surface area (Å²) in [5, 5.41) is 9.97. The zero-order valence-corrected chi connectivity index (χ0v) is 18.2. The van der Waals surface area contributed by atoms with Crippen molar-refractivity contribution in [3.8, 4) is 0 Å². The van der Waals surface area contributed by atoms with E-state index in [0.29, 0.717) is 23.6 Å². The van der Waals surface area contributed by atoms with Gasteiger partial charge in [0.05, 0.1) is 19.0 Å². The number of aryl methyl sites for hydroxylation is 1. The number of benzene rings is 2. The van der Waals surface area contributed by atoms with Crippen molar-refractivity contribution in [1.82, 2.24) is 9.78 Å². The Morgan fingerprint density at radius 1 is 1.03 bits per heavy atom. The fraction of sp³-hybridized carbons (Fsp3) is 0.0870. The molecule has 0 saturated heterocycles. The fourth-order valence-electron chi connectivity index (χ4n) is 3.01. The number of nitrogens with zero attached hydrogens (tertiary/aromatic N) is 2. The topological polar surface area (TPSA) is 89.2 Å². The lowest BCUT2D eigenvalue weighted by atomic mass is 10.1. The van der Waals surface area contributed by atoms with Crippen LogP contribution in [0, 0.1) is 6.92 Å². The molecule has 4 aromatic rings. The standard InChI is InChI=1S/C23H19BrN4O3/c1-15-4-7-17(13-19(15)26-23(30)20-3-2-12-31-20)22(29)27-21-10-11-25-28(21)14-16-5-8-18(24)9-6-16/h2-13H,14H2,1H3,(H,26,30)(H,27,29). The van der Waals surface area contributed by atoms with E-state index in [9.17, 15) is 9.59 Å². The maximum atomic E-state index is 12.8. The number of carbonyl (C=O) groups is 2. The van der Waals surface area contributed by atoms with Crippen LogP contribution in [0.2, 0.25) is 0 Å². The molecule has 0 fully saturated rings. The Balaban J connectivity index is 1.49. The first-order chi connectivity index (χ1) is 15.0. The quantitative estimate of drug-likeness (QED) is 0.403. The molecule has 0 spiro atoms. The molecule has 0 aliphatic carbocycles. The Bertz CT molecular complexity index is 1210. The number of anilines is 2. The minimum absolute atomic E-state index is 0.200. The Morgan fingerprint density at radius 3 is 2.58 bits per heavy atom. The lowest BCUT2D eigenvalue weighted by Crippen LogP contribution is -2.17. The van der Waals surface area contributed by atoms with E-state index in [1.165, 1.54) is 6.26 Å². The molecule has 2 amide bonds. The number of nitrogens with one attached hydrogen (secondary N) is 2. The van der Waals surface area contributed by atoms with Crippen molar-refractivity contribution < 1.29 is 14.0 Å². The van der Waals surface area contributed by atoms with Crippen LogP contribution >= 0.6 is 15.9 Å². The van der Waals surface area contributed by atoms with E-state index in [1.54, 1.807) is 47.3 Å². The van der Waals surface area contributed by atoms with Crippen LogP contribution in [0.4, 0.5) is 11.5 Å². The van der Waals surface area contributed by atoms with Crippen molar-refractivity contribution in [3.05, 3.63) is 100 Å². The summed E-state index contributed by atoms with van der Waals surface area (Å²) in [4.78, 5) is 25.1. The molecule has 0 aliphatic heterocycles. The highest BCUT2D eigenvalue weighted by Crippen LogP contribution is 2.20. The van der Waals surface area contributed by atoms with Crippen molar-refractivity contribution in [2.24, 2.45) is 0 Å². The molecule has 0 saturated carbocycles. The van der Waals surface area contributed by atoms with Gasteiger partial charge in [-0.1, -0.05) is 34.1 Å². The van der Waals surface area contributed by atoms with Gasteiger partial charge in [-0.3, -0.25) is 9.59 Å². The highest BCUT2D eigenvalue weighted by Gasteiger charge is 2.14. The maximum absolute atomic E-state index is 12.8. The molecule has 0 unspecified atom stereocenters. The third-order valence-corrected chi connectivity index (χ3v) is 5.23. The Morgan fingerprint density at radius 2 is 1.84 bits per heavy atom. The lowest BCUT2D eigenvalue weighted by Gasteiger charge is -2.12. The molecule has 2 heterocycles. The number of furan rings is 1. The van der Waals surface area contributed by atoms with E-state index in [0.717, 1.165) is 15.6 Å². The highest BCUT2D eigenvalue weighted by molar-refractivity contribution is 9.10. The number of hydrogen-bond donors (Lipinski definition) is 2. The normalized spacial score (nSPS) is 10.6. The summed E-state index contributed by atoms with van der Waals surface area (Å²) in [6.45, 7) is 2.38. The first-order valence-corrected chi connectivity index (χ1v) is 10.3. The van der Waals surface area contributed by atoms with Crippen LogP contribution in [0.3, 0.4) is 0 Å². The second-order valence-electron chi connectivity index (χ2n) is 6.92. The summed E-state index contributed by atoms with van der Waals surface area (Å²) in [7, 11) is 0. The number of hydrogen-bond acceptors (Lipinski definition) is 4. The molecule has 0 aliphatic rings. The number of aromatic nitrogens is 2. The van der Waals surface area contributed by atoms with Crippen molar-refractivity contribution in [2.75, 3.05) is 10.6 Å². The molecule has 31 heavy (non-hydrogen) atoms. The van der Waals surface area contributed by atoms with Gasteiger partial charge in [0, 0.05) is 21.8 Å². The Kier molecular flexibility index (Phi) is 5.99. The molecular weight excluding hydrogens is 460 g/mol. The zero-order valence-electron chi connectivity index (χ0n) is 16.6. The van der Waals surface area contributed by atoms with Crippen LogP contribution < -0.4 is 10.6 Å². The van der Waals surface area contributed by atoms with Gasteiger partial charge in [0.15, 0.2) is 5.76 Å². The second-order valence-corrected chi connectivity index (χ2v) is 7.83. The maximum Gasteiger partial charge on any atom is 0.291 e. The van der Waals surface area contributed by atoms with Gasteiger partial charge in [0.2, 0.25) is 0 Å². The minimum atomic E-state index is -0.377. The number of carbonyl (C=O) groups excluding carboxylic acids is 2. The average molecular weight is 479 g/mol. The van der Waals surface area contributed by atoms with Crippen molar-refractivity contribution in [3.63, 3.8) is 0 Å². The number of amides is 2. The molecule has 2 aromatic carbocycles. The van der Waals surface area contributed by atoms with Crippen molar-refractivity contribution in [1.29, 1.82) is 0 Å². The van der Waals surface area contributed by atoms with E-state index in [4.69, 9.17) is 4.42 Å². The molecule has 0 bridgehead atoms. The first-order valence-electron chi connectivity index (χ1n) is 9.53. The van der Waals surface area contributed by atoms with Gasteiger partial charge in [-0.15, -0.1) is 0 Å². The van der Waals surface area contributed by atoms with Crippen LogP contribution in [0.1, 0.15) is 32.0 Å². The lowest BCUT2D eigenvalue weighted by molar-refractivity contribution is 0.0993. The predicted molar refractivity (Wildman–Crippen MR) is 121 cm³/mol. The summed E-state index contributed by atoms with van der Waals surface area (Å²) in [5.74, 6) is 0.102. The molecule has 156 valence electrons. The van der Waals surface area contributed by atoms with Gasteiger partial charge in [-0.2, -0.15) is 5.10 Å². The summed E-state index contributed by atoms with van der Waals surface area (Å²) < 4.78 is 7.84. The molecule has 0 atom stereocenters. The molecule has 7 nitrogen and oxygen atoms in total. The van der Waals surface area contributed by atoms with Crippen LogP contribution in [0.25, 0.3) is 0 Å². The SMILES string of the molecule is Cc1ccc(C(=O)Nc2ccnn2Cc2ccc(Br)cc2)cc1NC(=O)c1ccco1. The highest BCUT2D eigenvalue weighted by atomic mass is 79.9. The van der Waals surface area contributed by atoms with Gasteiger partial charge < -0.3 is 15.1 Å². The third-order valence-electron chi connectivity index (χ3n) is 4.70. The summed E-state index contributed by atoms with van der Waals surface area (Å²) >= 11 is 3.42. The molecule has 0 radical (unpaired) electrons. The second kappa shape index (κ2) is 9.01. The zero-order chi connectivity index (χ0) is 21.8. The van der Waals surface area contributed by atoms with Gasteiger partial charge in [-0.05, 0) is 54.4 Å². The molecule has 4 rings (SSSR count). The van der Waals surface area contributed by atoms with Crippen molar-refractivity contribution >= 4 is 39.2 Å². The van der Waals surface area contributed by atoms with Gasteiger partial charge >= 0.3 is 0 Å². The first kappa shape index (κ1) is 20.6. The third kappa shape index (κ3) is 4.92. The average Bonchev–Trinajstić information content (AvgIpc) is 3.44. The Labute approximate surface area is 187 Å². The van der Waals surface area contributed by atoms with E-state index in [2.05, 4.69) is 31.7 Å². The molecule has 2 N–H and O–H groups in total. The smallest absolute Gasteiger partial charge is 0.291 e. The van der Waals surface area contributed by atoms with E-state index in [1.807, 2.05) is 31.2 Å². The molecular formula is C23H19BrN4O3. The minimum Gasteiger partial charge on any atom is -0.459 e.